The summed E-state index contributed by atoms with van der Waals surface area (Å²) in [5.41, 5.74) is 6.55. The van der Waals surface area contributed by atoms with E-state index in [1.165, 1.54) is 12.1 Å². The molecule has 0 bridgehead atoms. The molecule has 1 rings (SSSR count). The molecule has 0 aliphatic heterocycles. The van der Waals surface area contributed by atoms with Gasteiger partial charge < -0.3 is 5.73 Å². The van der Waals surface area contributed by atoms with Gasteiger partial charge in [0.15, 0.2) is 0 Å². The van der Waals surface area contributed by atoms with E-state index in [1.807, 2.05) is 6.92 Å². The summed E-state index contributed by atoms with van der Waals surface area (Å²) in [5.74, 6) is 0. The van der Waals surface area contributed by atoms with Crippen LogP contribution in [0.5, 0.6) is 0 Å². The third-order valence-electron chi connectivity index (χ3n) is 2.73. The molecule has 0 fully saturated rings. The summed E-state index contributed by atoms with van der Waals surface area (Å²) >= 11 is 0. The van der Waals surface area contributed by atoms with Crippen LogP contribution in [0.3, 0.4) is 0 Å². The molecular formula is C12H21N3O4S2. The van der Waals surface area contributed by atoms with Gasteiger partial charge in [0.1, 0.15) is 0 Å². The molecule has 0 saturated carbocycles. The fourth-order valence-electron chi connectivity index (χ4n) is 1.59. The topological polar surface area (TPSA) is 118 Å². The summed E-state index contributed by atoms with van der Waals surface area (Å²) in [7, 11) is -6.83. The lowest BCUT2D eigenvalue weighted by Gasteiger charge is -2.09. The predicted molar refractivity (Wildman–Crippen MR) is 81.7 cm³/mol. The molecule has 0 saturated heterocycles. The SMILES string of the molecule is CC(N)c1ccc(S(=O)(=O)NCCCNS(C)(=O)=O)cc1. The van der Waals surface area contributed by atoms with E-state index >= 15 is 0 Å². The van der Waals surface area contributed by atoms with Gasteiger partial charge in [0.2, 0.25) is 20.0 Å². The van der Waals surface area contributed by atoms with Crippen LogP contribution in [0.2, 0.25) is 0 Å². The van der Waals surface area contributed by atoms with E-state index in [0.717, 1.165) is 11.8 Å². The third kappa shape index (κ3) is 6.53. The lowest BCUT2D eigenvalue weighted by atomic mass is 10.1. The molecule has 120 valence electrons. The Morgan fingerprint density at radius 1 is 1.05 bits per heavy atom. The molecule has 4 N–H and O–H groups in total. The Balaban J connectivity index is 2.53. The van der Waals surface area contributed by atoms with Crippen LogP contribution < -0.4 is 15.2 Å². The summed E-state index contributed by atoms with van der Waals surface area (Å²) in [6.45, 7) is 2.15. The van der Waals surface area contributed by atoms with Gasteiger partial charge >= 0.3 is 0 Å². The Morgan fingerprint density at radius 2 is 1.57 bits per heavy atom. The molecule has 21 heavy (non-hydrogen) atoms. The van der Waals surface area contributed by atoms with Crippen molar-refractivity contribution in [1.29, 1.82) is 0 Å². The summed E-state index contributed by atoms with van der Waals surface area (Å²) in [6.07, 6.45) is 1.42. The minimum Gasteiger partial charge on any atom is -0.324 e. The molecule has 1 unspecified atom stereocenters. The van der Waals surface area contributed by atoms with Gasteiger partial charge in [-0.05, 0) is 31.0 Å². The van der Waals surface area contributed by atoms with Gasteiger partial charge in [-0.3, -0.25) is 0 Å². The van der Waals surface area contributed by atoms with Gasteiger partial charge in [-0.25, -0.2) is 26.3 Å². The van der Waals surface area contributed by atoms with Crippen LogP contribution in [0.4, 0.5) is 0 Å². The number of sulfonamides is 2. The number of hydrogen-bond donors (Lipinski definition) is 3. The third-order valence-corrected chi connectivity index (χ3v) is 4.93. The number of nitrogens with one attached hydrogen (secondary N) is 2. The lowest BCUT2D eigenvalue weighted by Crippen LogP contribution is -2.29. The van der Waals surface area contributed by atoms with Crippen LogP contribution in [0.1, 0.15) is 24.9 Å². The Morgan fingerprint density at radius 3 is 2.05 bits per heavy atom. The van der Waals surface area contributed by atoms with Crippen LogP contribution in [0.15, 0.2) is 29.2 Å². The van der Waals surface area contributed by atoms with Gasteiger partial charge in [-0.15, -0.1) is 0 Å². The van der Waals surface area contributed by atoms with Gasteiger partial charge in [0.05, 0.1) is 11.2 Å². The van der Waals surface area contributed by atoms with Crippen molar-refractivity contribution in [2.24, 2.45) is 5.73 Å². The molecule has 1 aromatic carbocycles. The minimum absolute atomic E-state index is 0.153. The van der Waals surface area contributed by atoms with Crippen molar-refractivity contribution in [3.8, 4) is 0 Å². The second-order valence-corrected chi connectivity index (χ2v) is 8.38. The number of hydrogen-bond acceptors (Lipinski definition) is 5. The summed E-state index contributed by atoms with van der Waals surface area (Å²) in [4.78, 5) is 0.156. The largest absolute Gasteiger partial charge is 0.324 e. The highest BCUT2D eigenvalue weighted by Crippen LogP contribution is 2.14. The highest BCUT2D eigenvalue weighted by atomic mass is 32.2. The zero-order chi connectivity index (χ0) is 16.1. The molecule has 0 spiro atoms. The van der Waals surface area contributed by atoms with Crippen LogP contribution in [-0.4, -0.2) is 36.2 Å². The standard InChI is InChI=1S/C12H21N3O4S2/c1-10(13)11-4-6-12(7-5-11)21(18,19)15-9-3-8-14-20(2,16)17/h4-7,10,14-15H,3,8-9,13H2,1-2H3. The normalized spacial score (nSPS) is 14.0. The summed E-state index contributed by atoms with van der Waals surface area (Å²) in [6, 6.07) is 6.18. The van der Waals surface area contributed by atoms with Gasteiger partial charge in [-0.1, -0.05) is 12.1 Å². The molecule has 1 aromatic rings. The van der Waals surface area contributed by atoms with E-state index in [9.17, 15) is 16.8 Å². The first kappa shape index (κ1) is 18.1. The van der Waals surface area contributed by atoms with Crippen LogP contribution in [0, 0.1) is 0 Å². The fraction of sp³-hybridized carbons (Fsp3) is 0.500. The maximum atomic E-state index is 12.0. The number of benzene rings is 1. The Kier molecular flexibility index (Phi) is 6.29. The Labute approximate surface area is 126 Å². The quantitative estimate of drug-likeness (QED) is 0.574. The van der Waals surface area contributed by atoms with Crippen LogP contribution in [-0.2, 0) is 20.0 Å². The first-order valence-electron chi connectivity index (χ1n) is 6.42. The highest BCUT2D eigenvalue weighted by Gasteiger charge is 2.13. The molecule has 0 radical (unpaired) electrons. The van der Waals surface area contributed by atoms with Gasteiger partial charge in [0.25, 0.3) is 0 Å². The van der Waals surface area contributed by atoms with Crippen molar-refractivity contribution in [1.82, 2.24) is 9.44 Å². The maximum absolute atomic E-state index is 12.0. The van der Waals surface area contributed by atoms with E-state index in [1.54, 1.807) is 12.1 Å². The summed E-state index contributed by atoms with van der Waals surface area (Å²) < 4.78 is 50.4. The van der Waals surface area contributed by atoms with E-state index in [-0.39, 0.29) is 24.0 Å². The monoisotopic (exact) mass is 335 g/mol. The zero-order valence-corrected chi connectivity index (χ0v) is 13.7. The molecule has 1 atom stereocenters. The molecule has 9 heteroatoms. The molecule has 0 heterocycles. The molecule has 7 nitrogen and oxygen atoms in total. The molecule has 0 aliphatic rings. The van der Waals surface area contributed by atoms with E-state index in [4.69, 9.17) is 5.73 Å². The minimum atomic E-state index is -3.59. The van der Waals surface area contributed by atoms with Crippen molar-refractivity contribution in [3.63, 3.8) is 0 Å². The maximum Gasteiger partial charge on any atom is 0.240 e. The second-order valence-electron chi connectivity index (χ2n) is 4.78. The average molecular weight is 335 g/mol. The van der Waals surface area contributed by atoms with Crippen molar-refractivity contribution < 1.29 is 16.8 Å². The van der Waals surface area contributed by atoms with E-state index < -0.39 is 20.0 Å². The van der Waals surface area contributed by atoms with Crippen LogP contribution >= 0.6 is 0 Å². The van der Waals surface area contributed by atoms with Crippen molar-refractivity contribution in [3.05, 3.63) is 29.8 Å². The predicted octanol–water partition coefficient (Wildman–Crippen LogP) is -0.0761. The number of nitrogens with two attached hydrogens (primary N) is 1. The smallest absolute Gasteiger partial charge is 0.240 e. The van der Waals surface area contributed by atoms with Crippen LogP contribution in [0.25, 0.3) is 0 Å². The zero-order valence-electron chi connectivity index (χ0n) is 12.0. The molecule has 0 aromatic heterocycles. The lowest BCUT2D eigenvalue weighted by molar-refractivity contribution is 0.575. The first-order valence-corrected chi connectivity index (χ1v) is 9.79. The van der Waals surface area contributed by atoms with E-state index in [2.05, 4.69) is 9.44 Å². The van der Waals surface area contributed by atoms with Gasteiger partial charge in [0, 0.05) is 19.1 Å². The van der Waals surface area contributed by atoms with Gasteiger partial charge in [-0.2, -0.15) is 0 Å². The fourth-order valence-corrected chi connectivity index (χ4v) is 3.18. The second kappa shape index (κ2) is 7.32. The highest BCUT2D eigenvalue weighted by molar-refractivity contribution is 7.89. The Hall–Kier alpha value is -1.00. The summed E-state index contributed by atoms with van der Waals surface area (Å²) in [5, 5.41) is 0. The van der Waals surface area contributed by atoms with Crippen molar-refractivity contribution in [2.75, 3.05) is 19.3 Å². The number of rotatable bonds is 8. The molecule has 0 amide bonds. The first-order chi connectivity index (χ1) is 9.62. The molecule has 0 aliphatic carbocycles. The average Bonchev–Trinajstić information content (AvgIpc) is 2.37. The molecular weight excluding hydrogens is 314 g/mol. The van der Waals surface area contributed by atoms with E-state index in [0.29, 0.717) is 6.42 Å². The van der Waals surface area contributed by atoms with Crippen molar-refractivity contribution >= 4 is 20.0 Å². The van der Waals surface area contributed by atoms with Crippen molar-refractivity contribution in [2.45, 2.75) is 24.3 Å². The Bertz CT molecular complexity index is 652.